The molecule has 0 saturated heterocycles. The van der Waals surface area contributed by atoms with Crippen molar-refractivity contribution in [2.24, 2.45) is 0 Å². The maximum Gasteiger partial charge on any atom is 0.280 e. The van der Waals surface area contributed by atoms with E-state index >= 15 is 0 Å². The number of nitrogens with zero attached hydrogens (tertiary/aromatic N) is 4. The molecule has 0 unspecified atom stereocenters. The van der Waals surface area contributed by atoms with Crippen LogP contribution in [0.2, 0.25) is 0 Å². The maximum absolute atomic E-state index is 12.4. The number of anilines is 3. The number of nitrogens with one attached hydrogen (secondary N) is 3. The highest BCUT2D eigenvalue weighted by Gasteiger charge is 2.14. The lowest BCUT2D eigenvalue weighted by molar-refractivity contribution is 0.601. The van der Waals surface area contributed by atoms with Crippen LogP contribution in [0.15, 0.2) is 64.5 Å². The third kappa shape index (κ3) is 4.17. The van der Waals surface area contributed by atoms with Gasteiger partial charge in [-0.15, -0.1) is 0 Å². The Labute approximate surface area is 170 Å². The summed E-state index contributed by atoms with van der Waals surface area (Å²) in [5, 5.41) is 3.10. The van der Waals surface area contributed by atoms with E-state index in [4.69, 9.17) is 5.73 Å². The minimum atomic E-state index is -3.75. The number of nitrogen functional groups attached to an aromatic ring is 1. The number of aromatic amines is 1. The highest BCUT2D eigenvalue weighted by atomic mass is 32.2. The van der Waals surface area contributed by atoms with Crippen LogP contribution in [-0.2, 0) is 16.6 Å². The number of fused-ring (bicyclic) bond motifs is 1. The first-order valence-corrected chi connectivity index (χ1v) is 10.2. The van der Waals surface area contributed by atoms with Crippen LogP contribution in [0, 0.1) is 0 Å². The summed E-state index contributed by atoms with van der Waals surface area (Å²) in [5.41, 5.74) is 6.44. The van der Waals surface area contributed by atoms with Crippen LogP contribution >= 0.6 is 0 Å². The van der Waals surface area contributed by atoms with E-state index in [1.807, 2.05) is 0 Å². The Hall–Kier alpha value is -4.06. The minimum Gasteiger partial charge on any atom is -0.379 e. The second-order valence-corrected chi connectivity index (χ2v) is 7.87. The molecule has 4 rings (SSSR count). The first-order chi connectivity index (χ1) is 14.4. The summed E-state index contributed by atoms with van der Waals surface area (Å²) in [7, 11) is -3.75. The van der Waals surface area contributed by atoms with Crippen molar-refractivity contribution in [2.75, 3.05) is 15.8 Å². The predicted octanol–water partition coefficient (Wildman–Crippen LogP) is 1.10. The molecule has 0 bridgehead atoms. The van der Waals surface area contributed by atoms with E-state index < -0.39 is 15.6 Å². The molecule has 0 spiro atoms. The number of hydrogen-bond acceptors (Lipinski definition) is 9. The molecule has 152 valence electrons. The van der Waals surface area contributed by atoms with Crippen LogP contribution in [0.5, 0.6) is 0 Å². The highest BCUT2D eigenvalue weighted by Crippen LogP contribution is 2.17. The Morgan fingerprint density at radius 1 is 1.03 bits per heavy atom. The lowest BCUT2D eigenvalue weighted by atomic mass is 10.3. The van der Waals surface area contributed by atoms with E-state index in [9.17, 15) is 13.2 Å². The zero-order chi connectivity index (χ0) is 21.1. The molecule has 1 aromatic carbocycles. The first kappa shape index (κ1) is 19.3. The van der Waals surface area contributed by atoms with E-state index in [1.165, 1.54) is 24.5 Å². The molecule has 3 aromatic heterocycles. The van der Waals surface area contributed by atoms with Gasteiger partial charge in [0, 0.05) is 11.9 Å². The third-order valence-electron chi connectivity index (χ3n) is 4.03. The van der Waals surface area contributed by atoms with Crippen LogP contribution in [0.1, 0.15) is 5.69 Å². The second-order valence-electron chi connectivity index (χ2n) is 6.18. The molecule has 0 fully saturated rings. The van der Waals surface area contributed by atoms with E-state index in [2.05, 4.69) is 35.0 Å². The van der Waals surface area contributed by atoms with E-state index in [1.54, 1.807) is 30.3 Å². The molecule has 5 N–H and O–H groups in total. The van der Waals surface area contributed by atoms with E-state index in [-0.39, 0.29) is 34.4 Å². The Morgan fingerprint density at radius 2 is 1.83 bits per heavy atom. The summed E-state index contributed by atoms with van der Waals surface area (Å²) in [4.78, 5) is 30.6. The number of aromatic nitrogens is 5. The van der Waals surface area contributed by atoms with Gasteiger partial charge in [-0.1, -0.05) is 6.07 Å². The van der Waals surface area contributed by atoms with Gasteiger partial charge >= 0.3 is 0 Å². The smallest absolute Gasteiger partial charge is 0.280 e. The van der Waals surface area contributed by atoms with Gasteiger partial charge in [-0.25, -0.2) is 23.4 Å². The Kier molecular flexibility index (Phi) is 4.98. The van der Waals surface area contributed by atoms with Gasteiger partial charge in [-0.05, 0) is 36.4 Å². The number of pyridine rings is 1. The van der Waals surface area contributed by atoms with Crippen molar-refractivity contribution in [3.63, 3.8) is 0 Å². The molecule has 12 heteroatoms. The Balaban J connectivity index is 1.46. The summed E-state index contributed by atoms with van der Waals surface area (Å²) in [5.74, 6) is 0.209. The minimum absolute atomic E-state index is 0.0275. The van der Waals surface area contributed by atoms with Crippen molar-refractivity contribution in [3.05, 3.63) is 70.9 Å². The Morgan fingerprint density at radius 3 is 2.57 bits per heavy atom. The maximum atomic E-state index is 12.4. The first-order valence-electron chi connectivity index (χ1n) is 8.70. The SMILES string of the molecule is Nc1nc2ncc(CNc3ccc(S(=O)(=O)Nc4ccccn4)cc3)nc2c(=O)[nH]1. The number of benzene rings is 1. The van der Waals surface area contributed by atoms with Gasteiger partial charge < -0.3 is 11.1 Å². The molecule has 4 aromatic rings. The average Bonchev–Trinajstić information content (AvgIpc) is 2.73. The predicted molar refractivity (Wildman–Crippen MR) is 111 cm³/mol. The molecule has 0 aliphatic rings. The fourth-order valence-electron chi connectivity index (χ4n) is 2.62. The Bertz CT molecular complexity index is 1360. The summed E-state index contributed by atoms with van der Waals surface area (Å²) < 4.78 is 27.3. The quantitative estimate of drug-likeness (QED) is 0.354. The normalized spacial score (nSPS) is 11.3. The number of hydrogen-bond donors (Lipinski definition) is 4. The molecular formula is C18H16N8O3S. The number of sulfonamides is 1. The van der Waals surface area contributed by atoms with Gasteiger partial charge in [0.05, 0.1) is 23.3 Å². The van der Waals surface area contributed by atoms with Crippen molar-refractivity contribution in [1.29, 1.82) is 0 Å². The monoisotopic (exact) mass is 424 g/mol. The lowest BCUT2D eigenvalue weighted by Crippen LogP contribution is -2.15. The molecule has 0 atom stereocenters. The molecule has 0 saturated carbocycles. The summed E-state index contributed by atoms with van der Waals surface area (Å²) in [6.07, 6.45) is 2.98. The average molecular weight is 424 g/mol. The van der Waals surface area contributed by atoms with Crippen LogP contribution in [0.3, 0.4) is 0 Å². The molecule has 0 radical (unpaired) electrons. The number of nitrogens with two attached hydrogens (primary N) is 1. The third-order valence-corrected chi connectivity index (χ3v) is 5.40. The largest absolute Gasteiger partial charge is 0.379 e. The molecule has 0 aliphatic carbocycles. The zero-order valence-electron chi connectivity index (χ0n) is 15.4. The molecular weight excluding hydrogens is 408 g/mol. The zero-order valence-corrected chi connectivity index (χ0v) is 16.2. The van der Waals surface area contributed by atoms with Crippen LogP contribution < -0.4 is 21.3 Å². The van der Waals surface area contributed by atoms with Gasteiger partial charge in [0.2, 0.25) is 5.95 Å². The van der Waals surface area contributed by atoms with Gasteiger partial charge in [0.15, 0.2) is 11.2 Å². The van der Waals surface area contributed by atoms with E-state index in [0.717, 1.165) is 0 Å². The van der Waals surface area contributed by atoms with Crippen molar-refractivity contribution in [1.82, 2.24) is 24.9 Å². The van der Waals surface area contributed by atoms with Crippen LogP contribution in [-0.4, -0.2) is 33.3 Å². The van der Waals surface area contributed by atoms with Crippen molar-refractivity contribution in [3.8, 4) is 0 Å². The van der Waals surface area contributed by atoms with Crippen LogP contribution in [0.25, 0.3) is 11.2 Å². The van der Waals surface area contributed by atoms with Crippen LogP contribution in [0.4, 0.5) is 17.5 Å². The topological polar surface area (TPSA) is 169 Å². The molecule has 0 amide bonds. The van der Waals surface area contributed by atoms with Gasteiger partial charge in [0.25, 0.3) is 15.6 Å². The number of H-pyrrole nitrogens is 1. The van der Waals surface area contributed by atoms with E-state index in [0.29, 0.717) is 11.4 Å². The highest BCUT2D eigenvalue weighted by molar-refractivity contribution is 7.92. The number of rotatable bonds is 6. The van der Waals surface area contributed by atoms with Gasteiger partial charge in [-0.2, -0.15) is 4.98 Å². The van der Waals surface area contributed by atoms with Crippen molar-refractivity contribution in [2.45, 2.75) is 11.4 Å². The lowest BCUT2D eigenvalue weighted by Gasteiger charge is -2.09. The molecule has 3 heterocycles. The summed E-state index contributed by atoms with van der Waals surface area (Å²) in [6, 6.07) is 11.1. The summed E-state index contributed by atoms with van der Waals surface area (Å²) >= 11 is 0. The standard InChI is InChI=1S/C18H16N8O3S/c19-18-24-16-15(17(27)25-18)23-12(10-22-16)9-21-11-4-6-13(7-5-11)30(28,29)26-14-3-1-2-8-20-14/h1-8,10,21H,9H2,(H,20,26)(H3,19,22,24,25,27). The molecule has 11 nitrogen and oxygen atoms in total. The second kappa shape index (κ2) is 7.75. The summed E-state index contributed by atoms with van der Waals surface area (Å²) in [6.45, 7) is 0.269. The van der Waals surface area contributed by atoms with Crippen molar-refractivity contribution >= 4 is 38.6 Å². The van der Waals surface area contributed by atoms with Gasteiger partial charge in [0.1, 0.15) is 5.82 Å². The van der Waals surface area contributed by atoms with Crippen molar-refractivity contribution < 1.29 is 8.42 Å². The fraction of sp³-hybridized carbons (Fsp3) is 0.0556. The van der Waals surface area contributed by atoms with Gasteiger partial charge in [-0.3, -0.25) is 14.5 Å². The fourth-order valence-corrected chi connectivity index (χ4v) is 3.63. The molecule has 30 heavy (non-hydrogen) atoms. The molecule has 0 aliphatic heterocycles.